The Bertz CT molecular complexity index is 759. The van der Waals surface area contributed by atoms with Gasteiger partial charge >= 0.3 is 0 Å². The summed E-state index contributed by atoms with van der Waals surface area (Å²) in [7, 11) is 0. The molecule has 2 fully saturated rings. The largest absolute Gasteiger partial charge is 0.361 e. The third-order valence-corrected chi connectivity index (χ3v) is 6.06. The zero-order valence-corrected chi connectivity index (χ0v) is 15.6. The van der Waals surface area contributed by atoms with Crippen molar-refractivity contribution in [2.75, 3.05) is 19.6 Å². The molecule has 2 aliphatic rings. The number of rotatable bonds is 4. The standard InChI is InChI=1S/C20H26N4O2/c1-15-18(16(2)26-22-15)14-23-10-6-20(7-11-23)8-12-24(19(20)25)13-17-5-3-4-9-21-17/h3-5,9H,6-8,10-14H2,1-2H3. The second kappa shape index (κ2) is 6.83. The molecular weight excluding hydrogens is 328 g/mol. The highest BCUT2D eigenvalue weighted by Crippen LogP contribution is 2.42. The lowest BCUT2D eigenvalue weighted by atomic mass is 9.77. The van der Waals surface area contributed by atoms with Crippen molar-refractivity contribution >= 4 is 5.91 Å². The quantitative estimate of drug-likeness (QED) is 0.845. The Labute approximate surface area is 154 Å². The second-order valence-electron chi connectivity index (χ2n) is 7.66. The number of nitrogens with zero attached hydrogens (tertiary/aromatic N) is 4. The number of pyridine rings is 1. The van der Waals surface area contributed by atoms with E-state index in [9.17, 15) is 4.79 Å². The molecule has 0 saturated carbocycles. The lowest BCUT2D eigenvalue weighted by Crippen LogP contribution is -2.44. The SMILES string of the molecule is Cc1noc(C)c1CN1CCC2(CC1)CCN(Cc1ccccn1)C2=O. The maximum absolute atomic E-state index is 13.1. The van der Waals surface area contributed by atoms with Crippen LogP contribution in [0.1, 0.15) is 42.0 Å². The summed E-state index contributed by atoms with van der Waals surface area (Å²) in [5, 5.41) is 4.05. The fourth-order valence-corrected chi connectivity index (χ4v) is 4.29. The van der Waals surface area contributed by atoms with Gasteiger partial charge in [0.05, 0.1) is 23.3 Å². The molecule has 0 aromatic carbocycles. The fraction of sp³-hybridized carbons (Fsp3) is 0.550. The van der Waals surface area contributed by atoms with Crippen LogP contribution >= 0.6 is 0 Å². The molecule has 2 aliphatic heterocycles. The van der Waals surface area contributed by atoms with Crippen molar-refractivity contribution < 1.29 is 9.32 Å². The van der Waals surface area contributed by atoms with Gasteiger partial charge in [-0.1, -0.05) is 11.2 Å². The van der Waals surface area contributed by atoms with Crippen molar-refractivity contribution in [1.29, 1.82) is 0 Å². The van der Waals surface area contributed by atoms with Crippen LogP contribution in [0.3, 0.4) is 0 Å². The first kappa shape index (κ1) is 17.2. The van der Waals surface area contributed by atoms with Gasteiger partial charge in [-0.05, 0) is 58.3 Å². The van der Waals surface area contributed by atoms with Gasteiger partial charge in [-0.3, -0.25) is 14.7 Å². The van der Waals surface area contributed by atoms with Gasteiger partial charge in [0.25, 0.3) is 0 Å². The molecule has 0 atom stereocenters. The molecule has 26 heavy (non-hydrogen) atoms. The molecular formula is C20H26N4O2. The molecule has 4 heterocycles. The van der Waals surface area contributed by atoms with Gasteiger partial charge in [-0.15, -0.1) is 0 Å². The van der Waals surface area contributed by atoms with Crippen LogP contribution in [0.4, 0.5) is 0 Å². The first-order valence-electron chi connectivity index (χ1n) is 9.41. The van der Waals surface area contributed by atoms with Gasteiger partial charge in [0.1, 0.15) is 5.76 Å². The van der Waals surface area contributed by atoms with Crippen molar-refractivity contribution in [2.24, 2.45) is 5.41 Å². The Hall–Kier alpha value is -2.21. The topological polar surface area (TPSA) is 62.5 Å². The summed E-state index contributed by atoms with van der Waals surface area (Å²) >= 11 is 0. The number of likely N-dealkylation sites (tertiary alicyclic amines) is 2. The molecule has 0 bridgehead atoms. The predicted octanol–water partition coefficient (Wildman–Crippen LogP) is 2.70. The van der Waals surface area contributed by atoms with E-state index in [4.69, 9.17) is 4.52 Å². The van der Waals surface area contributed by atoms with Gasteiger partial charge in [0.2, 0.25) is 5.91 Å². The summed E-state index contributed by atoms with van der Waals surface area (Å²) in [5.41, 5.74) is 2.97. The van der Waals surface area contributed by atoms with Crippen LogP contribution in [0.15, 0.2) is 28.9 Å². The van der Waals surface area contributed by atoms with E-state index >= 15 is 0 Å². The van der Waals surface area contributed by atoms with E-state index in [1.807, 2.05) is 36.9 Å². The van der Waals surface area contributed by atoms with Crippen molar-refractivity contribution in [3.05, 3.63) is 47.1 Å². The Balaban J connectivity index is 1.37. The Kier molecular flexibility index (Phi) is 4.53. The lowest BCUT2D eigenvalue weighted by molar-refractivity contribution is -0.139. The number of hydrogen-bond acceptors (Lipinski definition) is 5. The predicted molar refractivity (Wildman–Crippen MR) is 97.2 cm³/mol. The van der Waals surface area contributed by atoms with E-state index in [0.717, 1.165) is 62.6 Å². The Morgan fingerprint density at radius 2 is 1.88 bits per heavy atom. The van der Waals surface area contributed by atoms with E-state index in [0.29, 0.717) is 12.5 Å². The van der Waals surface area contributed by atoms with Gasteiger partial charge in [0.15, 0.2) is 0 Å². The third-order valence-electron chi connectivity index (χ3n) is 6.06. The van der Waals surface area contributed by atoms with Gasteiger partial charge in [0, 0.05) is 24.8 Å². The second-order valence-corrected chi connectivity index (χ2v) is 7.66. The minimum absolute atomic E-state index is 0.163. The van der Waals surface area contributed by atoms with E-state index in [2.05, 4.69) is 15.0 Å². The van der Waals surface area contributed by atoms with Crippen LogP contribution < -0.4 is 0 Å². The minimum Gasteiger partial charge on any atom is -0.361 e. The van der Waals surface area contributed by atoms with Crippen LogP contribution in [-0.4, -0.2) is 45.5 Å². The fourth-order valence-electron chi connectivity index (χ4n) is 4.29. The van der Waals surface area contributed by atoms with Crippen molar-refractivity contribution in [1.82, 2.24) is 19.9 Å². The summed E-state index contributed by atoms with van der Waals surface area (Å²) in [6.07, 6.45) is 4.64. The van der Waals surface area contributed by atoms with Crippen LogP contribution in [-0.2, 0) is 17.9 Å². The van der Waals surface area contributed by atoms with Crippen molar-refractivity contribution in [2.45, 2.75) is 46.2 Å². The first-order valence-corrected chi connectivity index (χ1v) is 9.41. The normalized spacial score (nSPS) is 20.2. The van der Waals surface area contributed by atoms with Crippen LogP contribution in [0.5, 0.6) is 0 Å². The zero-order valence-electron chi connectivity index (χ0n) is 15.6. The van der Waals surface area contributed by atoms with Crippen molar-refractivity contribution in [3.63, 3.8) is 0 Å². The lowest BCUT2D eigenvalue weighted by Gasteiger charge is -2.38. The number of aromatic nitrogens is 2. The molecule has 2 saturated heterocycles. The molecule has 1 amide bonds. The molecule has 2 aromatic rings. The Morgan fingerprint density at radius 1 is 1.12 bits per heavy atom. The van der Waals surface area contributed by atoms with Gasteiger partial charge in [-0.2, -0.15) is 0 Å². The number of piperidine rings is 1. The van der Waals surface area contributed by atoms with Crippen LogP contribution in [0.2, 0.25) is 0 Å². The summed E-state index contributed by atoms with van der Waals surface area (Å²) in [5.74, 6) is 1.22. The van der Waals surface area contributed by atoms with E-state index in [1.54, 1.807) is 6.20 Å². The molecule has 0 radical (unpaired) electrons. The molecule has 0 N–H and O–H groups in total. The minimum atomic E-state index is -0.163. The number of carbonyl (C=O) groups excluding carboxylic acids is 1. The summed E-state index contributed by atoms with van der Waals surface area (Å²) in [6, 6.07) is 5.88. The molecule has 0 aliphatic carbocycles. The van der Waals surface area contributed by atoms with E-state index in [1.165, 1.54) is 5.56 Å². The third kappa shape index (κ3) is 3.14. The molecule has 0 unspecified atom stereocenters. The number of amides is 1. The highest BCUT2D eigenvalue weighted by Gasteiger charge is 2.48. The number of hydrogen-bond donors (Lipinski definition) is 0. The number of carbonyl (C=O) groups is 1. The summed E-state index contributed by atoms with van der Waals surface area (Å²) < 4.78 is 5.27. The molecule has 138 valence electrons. The summed E-state index contributed by atoms with van der Waals surface area (Å²) in [4.78, 5) is 21.9. The van der Waals surface area contributed by atoms with Crippen LogP contribution in [0, 0.1) is 19.3 Å². The van der Waals surface area contributed by atoms with Gasteiger partial charge in [-0.25, -0.2) is 0 Å². The Morgan fingerprint density at radius 3 is 2.54 bits per heavy atom. The molecule has 4 rings (SSSR count). The monoisotopic (exact) mass is 354 g/mol. The van der Waals surface area contributed by atoms with Crippen LogP contribution in [0.25, 0.3) is 0 Å². The van der Waals surface area contributed by atoms with E-state index < -0.39 is 0 Å². The maximum Gasteiger partial charge on any atom is 0.229 e. The van der Waals surface area contributed by atoms with E-state index in [-0.39, 0.29) is 5.41 Å². The van der Waals surface area contributed by atoms with Gasteiger partial charge < -0.3 is 9.42 Å². The highest BCUT2D eigenvalue weighted by atomic mass is 16.5. The molecule has 6 nitrogen and oxygen atoms in total. The molecule has 1 spiro atoms. The molecule has 2 aromatic heterocycles. The average molecular weight is 354 g/mol. The maximum atomic E-state index is 13.1. The summed E-state index contributed by atoms with van der Waals surface area (Å²) in [6.45, 7) is 8.21. The highest BCUT2D eigenvalue weighted by molar-refractivity contribution is 5.85. The van der Waals surface area contributed by atoms with Crippen molar-refractivity contribution in [3.8, 4) is 0 Å². The zero-order chi connectivity index (χ0) is 18.1. The average Bonchev–Trinajstić information content (AvgIpc) is 3.13. The smallest absolute Gasteiger partial charge is 0.229 e. The molecule has 6 heteroatoms. The number of aryl methyl sites for hydroxylation is 2. The first-order chi connectivity index (χ1) is 12.6.